The molecule has 0 aromatic heterocycles. The van der Waals surface area contributed by atoms with Crippen LogP contribution in [0.4, 0.5) is 10.1 Å². The van der Waals surface area contributed by atoms with E-state index in [9.17, 15) is 14.0 Å². The molecule has 108 valence electrons. The molecule has 0 saturated heterocycles. The molecule has 0 unspecified atom stereocenters. The molecule has 21 heavy (non-hydrogen) atoms. The number of amides is 1. The Morgan fingerprint density at radius 3 is 2.43 bits per heavy atom. The molecule has 1 amide bonds. The topological polar surface area (TPSA) is 66.4 Å². The van der Waals surface area contributed by atoms with Gasteiger partial charge in [0.05, 0.1) is 17.7 Å². The van der Waals surface area contributed by atoms with Gasteiger partial charge in [-0.25, -0.2) is 9.18 Å². The van der Waals surface area contributed by atoms with Gasteiger partial charge < -0.3 is 10.4 Å². The van der Waals surface area contributed by atoms with Gasteiger partial charge in [-0.1, -0.05) is 28.1 Å². The van der Waals surface area contributed by atoms with Crippen LogP contribution >= 0.6 is 15.9 Å². The predicted molar refractivity (Wildman–Crippen MR) is 79.8 cm³/mol. The molecule has 0 fully saturated rings. The van der Waals surface area contributed by atoms with Gasteiger partial charge >= 0.3 is 5.97 Å². The van der Waals surface area contributed by atoms with Crippen molar-refractivity contribution in [2.75, 3.05) is 5.32 Å². The predicted octanol–water partition coefficient (Wildman–Crippen LogP) is 3.47. The molecule has 0 heterocycles. The second-order valence-corrected chi connectivity index (χ2v) is 5.26. The third-order valence-corrected chi connectivity index (χ3v) is 3.26. The average molecular weight is 352 g/mol. The number of carboxylic acids is 1. The van der Waals surface area contributed by atoms with E-state index < -0.39 is 5.97 Å². The van der Waals surface area contributed by atoms with Crippen molar-refractivity contribution in [3.05, 3.63) is 63.9 Å². The number of carboxylic acid groups (broad SMARTS) is 1. The Hall–Kier alpha value is -2.21. The summed E-state index contributed by atoms with van der Waals surface area (Å²) >= 11 is 3.18. The van der Waals surface area contributed by atoms with Crippen LogP contribution < -0.4 is 5.32 Å². The summed E-state index contributed by atoms with van der Waals surface area (Å²) in [6.07, 6.45) is 0.0371. The Morgan fingerprint density at radius 2 is 1.81 bits per heavy atom. The summed E-state index contributed by atoms with van der Waals surface area (Å²) in [6.45, 7) is 0. The molecule has 0 aliphatic carbocycles. The van der Waals surface area contributed by atoms with Crippen molar-refractivity contribution >= 4 is 33.5 Å². The zero-order valence-electron chi connectivity index (χ0n) is 10.8. The standard InChI is InChI=1S/C15H11BrFNO3/c16-10-3-6-13(12(8-10)15(20)21)18-14(19)7-9-1-4-11(17)5-2-9/h1-6,8H,7H2,(H,18,19)(H,20,21). The maximum absolute atomic E-state index is 12.8. The molecule has 2 rings (SSSR count). The normalized spacial score (nSPS) is 10.2. The molecule has 0 bridgehead atoms. The summed E-state index contributed by atoms with van der Waals surface area (Å²) in [5.74, 6) is -1.87. The van der Waals surface area contributed by atoms with Crippen molar-refractivity contribution in [3.8, 4) is 0 Å². The number of nitrogens with one attached hydrogen (secondary N) is 1. The fourth-order valence-electron chi connectivity index (χ4n) is 1.78. The molecule has 0 aliphatic heterocycles. The molecule has 0 radical (unpaired) electrons. The first-order valence-electron chi connectivity index (χ1n) is 6.03. The molecule has 2 aromatic carbocycles. The molecule has 2 aromatic rings. The summed E-state index contributed by atoms with van der Waals surface area (Å²) in [6, 6.07) is 10.1. The number of carbonyl (C=O) groups is 2. The zero-order valence-corrected chi connectivity index (χ0v) is 12.4. The third kappa shape index (κ3) is 4.13. The highest BCUT2D eigenvalue weighted by atomic mass is 79.9. The molecule has 4 nitrogen and oxygen atoms in total. The quantitative estimate of drug-likeness (QED) is 0.886. The summed E-state index contributed by atoms with van der Waals surface area (Å²) in [5, 5.41) is 11.7. The van der Waals surface area contributed by atoms with E-state index >= 15 is 0 Å². The van der Waals surface area contributed by atoms with E-state index in [4.69, 9.17) is 5.11 Å². The lowest BCUT2D eigenvalue weighted by atomic mass is 10.1. The average Bonchev–Trinajstić information content (AvgIpc) is 2.43. The van der Waals surface area contributed by atoms with Crippen LogP contribution in [-0.4, -0.2) is 17.0 Å². The van der Waals surface area contributed by atoms with Crippen molar-refractivity contribution < 1.29 is 19.1 Å². The van der Waals surface area contributed by atoms with Crippen LogP contribution in [0.5, 0.6) is 0 Å². The first-order chi connectivity index (χ1) is 9.95. The summed E-state index contributed by atoms with van der Waals surface area (Å²) < 4.78 is 13.4. The van der Waals surface area contributed by atoms with Crippen LogP contribution in [0.3, 0.4) is 0 Å². The fourth-order valence-corrected chi connectivity index (χ4v) is 2.15. The van der Waals surface area contributed by atoms with E-state index in [1.54, 1.807) is 6.07 Å². The number of anilines is 1. The number of hydrogen-bond acceptors (Lipinski definition) is 2. The molecule has 0 atom stereocenters. The molecular weight excluding hydrogens is 341 g/mol. The monoisotopic (exact) mass is 351 g/mol. The van der Waals surface area contributed by atoms with Crippen molar-refractivity contribution in [2.45, 2.75) is 6.42 Å². The maximum Gasteiger partial charge on any atom is 0.337 e. The number of aromatic carboxylic acids is 1. The fraction of sp³-hybridized carbons (Fsp3) is 0.0667. The van der Waals surface area contributed by atoms with E-state index in [1.807, 2.05) is 0 Å². The van der Waals surface area contributed by atoms with Crippen LogP contribution in [0.15, 0.2) is 46.9 Å². The minimum absolute atomic E-state index is 0.00293. The SMILES string of the molecule is O=C(Cc1ccc(F)cc1)Nc1ccc(Br)cc1C(=O)O. The van der Waals surface area contributed by atoms with Gasteiger partial charge in [-0.15, -0.1) is 0 Å². The lowest BCUT2D eigenvalue weighted by Crippen LogP contribution is -2.16. The smallest absolute Gasteiger partial charge is 0.337 e. The van der Waals surface area contributed by atoms with E-state index in [2.05, 4.69) is 21.2 Å². The lowest BCUT2D eigenvalue weighted by Gasteiger charge is -2.09. The minimum Gasteiger partial charge on any atom is -0.478 e. The van der Waals surface area contributed by atoms with Crippen LogP contribution in [0.25, 0.3) is 0 Å². The van der Waals surface area contributed by atoms with E-state index in [-0.39, 0.29) is 29.4 Å². The summed E-state index contributed by atoms with van der Waals surface area (Å²) in [4.78, 5) is 23.1. The number of carbonyl (C=O) groups excluding carboxylic acids is 1. The maximum atomic E-state index is 12.8. The minimum atomic E-state index is -1.13. The Morgan fingerprint density at radius 1 is 1.14 bits per heavy atom. The van der Waals surface area contributed by atoms with Gasteiger partial charge in [-0.3, -0.25) is 4.79 Å². The van der Waals surface area contributed by atoms with Gasteiger partial charge in [-0.2, -0.15) is 0 Å². The van der Waals surface area contributed by atoms with Crippen molar-refractivity contribution in [1.82, 2.24) is 0 Å². The Balaban J connectivity index is 2.12. The second kappa shape index (κ2) is 6.49. The van der Waals surface area contributed by atoms with Crippen molar-refractivity contribution in [1.29, 1.82) is 0 Å². The van der Waals surface area contributed by atoms with Gasteiger partial charge in [0.1, 0.15) is 5.82 Å². The van der Waals surface area contributed by atoms with Crippen LogP contribution in [0, 0.1) is 5.82 Å². The Bertz CT molecular complexity index is 686. The highest BCUT2D eigenvalue weighted by molar-refractivity contribution is 9.10. The number of rotatable bonds is 4. The Kier molecular flexibility index (Phi) is 4.70. The van der Waals surface area contributed by atoms with E-state index in [0.717, 1.165) is 0 Å². The number of halogens is 2. The number of hydrogen-bond donors (Lipinski definition) is 2. The first-order valence-corrected chi connectivity index (χ1v) is 6.82. The van der Waals surface area contributed by atoms with Crippen LogP contribution in [0.1, 0.15) is 15.9 Å². The molecule has 0 spiro atoms. The molecule has 2 N–H and O–H groups in total. The third-order valence-electron chi connectivity index (χ3n) is 2.76. The highest BCUT2D eigenvalue weighted by Gasteiger charge is 2.13. The van der Waals surface area contributed by atoms with Gasteiger partial charge in [0.15, 0.2) is 0 Å². The van der Waals surface area contributed by atoms with E-state index in [1.165, 1.54) is 36.4 Å². The van der Waals surface area contributed by atoms with Crippen molar-refractivity contribution in [3.63, 3.8) is 0 Å². The molecule has 0 aliphatic rings. The zero-order chi connectivity index (χ0) is 15.4. The van der Waals surface area contributed by atoms with E-state index in [0.29, 0.717) is 10.0 Å². The molecule has 0 saturated carbocycles. The molecule has 6 heteroatoms. The second-order valence-electron chi connectivity index (χ2n) is 4.35. The van der Waals surface area contributed by atoms with Crippen LogP contribution in [-0.2, 0) is 11.2 Å². The molecular formula is C15H11BrFNO3. The highest BCUT2D eigenvalue weighted by Crippen LogP contribution is 2.21. The summed E-state index contributed by atoms with van der Waals surface area (Å²) in [7, 11) is 0. The van der Waals surface area contributed by atoms with Gasteiger partial charge in [0, 0.05) is 4.47 Å². The van der Waals surface area contributed by atoms with Crippen LogP contribution in [0.2, 0.25) is 0 Å². The number of benzene rings is 2. The first kappa shape index (κ1) is 15.2. The van der Waals surface area contributed by atoms with Gasteiger partial charge in [0.2, 0.25) is 5.91 Å². The van der Waals surface area contributed by atoms with Gasteiger partial charge in [-0.05, 0) is 35.9 Å². The lowest BCUT2D eigenvalue weighted by molar-refractivity contribution is -0.115. The Labute approximate surface area is 128 Å². The van der Waals surface area contributed by atoms with Crippen molar-refractivity contribution in [2.24, 2.45) is 0 Å². The largest absolute Gasteiger partial charge is 0.478 e. The van der Waals surface area contributed by atoms with Gasteiger partial charge in [0.25, 0.3) is 0 Å². The summed E-state index contributed by atoms with van der Waals surface area (Å²) in [5.41, 5.74) is 0.859.